The summed E-state index contributed by atoms with van der Waals surface area (Å²) in [4.78, 5) is 12.6. The van der Waals surface area contributed by atoms with Crippen molar-refractivity contribution in [2.75, 3.05) is 11.4 Å². The quantitative estimate of drug-likeness (QED) is 0.543. The zero-order valence-electron chi connectivity index (χ0n) is 10.7. The number of amides is 1. The molecule has 1 aliphatic rings. The van der Waals surface area contributed by atoms with Crippen molar-refractivity contribution in [3.05, 3.63) is 40.4 Å². The number of allylic oxidation sites excluding steroid dienone is 1. The molecule has 2 rings (SSSR count). The summed E-state index contributed by atoms with van der Waals surface area (Å²) in [6.07, 6.45) is -10.0. The van der Waals surface area contributed by atoms with E-state index in [2.05, 4.69) is 0 Å². The summed E-state index contributed by atoms with van der Waals surface area (Å²) in [6, 6.07) is 4.19. The Morgan fingerprint density at radius 3 is 2.23 bits per heavy atom. The van der Waals surface area contributed by atoms with Gasteiger partial charge < -0.3 is 4.90 Å². The van der Waals surface area contributed by atoms with Gasteiger partial charge in [0, 0.05) is 12.1 Å². The topological polar surface area (TPSA) is 20.3 Å². The standard InChI is InChI=1S/C13H8ClF6NO/c14-10(13(18,19)20)7-5-6-21(11(7)22)9-4-2-1-3-8(9)12(15,16)17/h1-4H,5-6H2/b10-7-. The Balaban J connectivity index is 2.45. The number of benzene rings is 1. The number of hydrogen-bond donors (Lipinski definition) is 0. The highest BCUT2D eigenvalue weighted by Gasteiger charge is 2.42. The smallest absolute Gasteiger partial charge is 0.308 e. The Kier molecular flexibility index (Phi) is 4.16. The summed E-state index contributed by atoms with van der Waals surface area (Å²) in [6.45, 7) is -0.298. The van der Waals surface area contributed by atoms with Crippen molar-refractivity contribution < 1.29 is 31.1 Å². The lowest BCUT2D eigenvalue weighted by atomic mass is 10.1. The zero-order chi connectivity index (χ0) is 16.7. The molecule has 9 heteroatoms. The Morgan fingerprint density at radius 1 is 1.09 bits per heavy atom. The highest BCUT2D eigenvalue weighted by Crippen LogP contribution is 2.40. The molecule has 120 valence electrons. The van der Waals surface area contributed by atoms with Gasteiger partial charge in [0.15, 0.2) is 0 Å². The van der Waals surface area contributed by atoms with Gasteiger partial charge in [-0.2, -0.15) is 26.3 Å². The fourth-order valence-corrected chi connectivity index (χ4v) is 2.32. The summed E-state index contributed by atoms with van der Waals surface area (Å²) in [7, 11) is 0. The maximum absolute atomic E-state index is 12.9. The van der Waals surface area contributed by atoms with E-state index in [-0.39, 0.29) is 13.0 Å². The van der Waals surface area contributed by atoms with Crippen LogP contribution in [0, 0.1) is 0 Å². The summed E-state index contributed by atoms with van der Waals surface area (Å²) < 4.78 is 76.3. The highest BCUT2D eigenvalue weighted by atomic mass is 35.5. The molecular formula is C13H8ClF6NO. The number of para-hydroxylation sites is 1. The lowest BCUT2D eigenvalue weighted by Gasteiger charge is -2.20. The summed E-state index contributed by atoms with van der Waals surface area (Å²) >= 11 is 5.13. The van der Waals surface area contributed by atoms with Crippen LogP contribution in [0.2, 0.25) is 0 Å². The van der Waals surface area contributed by atoms with Crippen LogP contribution in [0.15, 0.2) is 34.9 Å². The number of alkyl halides is 6. The molecule has 0 atom stereocenters. The Morgan fingerprint density at radius 2 is 1.68 bits per heavy atom. The molecule has 1 aromatic rings. The Bertz CT molecular complexity index is 634. The second kappa shape index (κ2) is 5.49. The predicted octanol–water partition coefficient (Wildman–Crippen LogP) is 4.50. The van der Waals surface area contributed by atoms with Crippen LogP contribution in [0.1, 0.15) is 12.0 Å². The molecule has 1 fully saturated rings. The van der Waals surface area contributed by atoms with Crippen molar-refractivity contribution in [2.45, 2.75) is 18.8 Å². The fraction of sp³-hybridized carbons (Fsp3) is 0.308. The molecule has 0 saturated carbocycles. The third-order valence-corrected chi connectivity index (χ3v) is 3.55. The minimum absolute atomic E-state index is 0.298. The van der Waals surface area contributed by atoms with Crippen molar-refractivity contribution in [1.82, 2.24) is 0 Å². The second-order valence-corrected chi connectivity index (χ2v) is 4.89. The third kappa shape index (κ3) is 3.06. The van der Waals surface area contributed by atoms with E-state index >= 15 is 0 Å². The van der Waals surface area contributed by atoms with Gasteiger partial charge in [0.2, 0.25) is 0 Å². The minimum atomic E-state index is -4.91. The average molecular weight is 344 g/mol. The van der Waals surface area contributed by atoms with Gasteiger partial charge in [-0.05, 0) is 18.6 Å². The average Bonchev–Trinajstić information content (AvgIpc) is 2.77. The normalized spacial score (nSPS) is 18.9. The zero-order valence-corrected chi connectivity index (χ0v) is 11.5. The number of carbonyl (C=O) groups is 1. The van der Waals surface area contributed by atoms with Crippen molar-refractivity contribution in [3.8, 4) is 0 Å². The number of anilines is 1. The molecule has 1 aliphatic heterocycles. The summed E-state index contributed by atoms with van der Waals surface area (Å²) in [5, 5.41) is -1.59. The summed E-state index contributed by atoms with van der Waals surface area (Å²) in [5.74, 6) is -1.17. The molecule has 0 spiro atoms. The van der Waals surface area contributed by atoms with Gasteiger partial charge in [0.1, 0.15) is 5.03 Å². The van der Waals surface area contributed by atoms with Crippen LogP contribution in [0.4, 0.5) is 32.0 Å². The molecule has 0 N–H and O–H groups in total. The molecule has 22 heavy (non-hydrogen) atoms. The van der Waals surface area contributed by atoms with Gasteiger partial charge in [-0.3, -0.25) is 4.79 Å². The minimum Gasteiger partial charge on any atom is -0.308 e. The molecule has 1 saturated heterocycles. The van der Waals surface area contributed by atoms with Crippen LogP contribution >= 0.6 is 11.6 Å². The lowest BCUT2D eigenvalue weighted by Crippen LogP contribution is -2.28. The number of nitrogens with zero attached hydrogens (tertiary/aromatic N) is 1. The molecule has 0 aromatic heterocycles. The van der Waals surface area contributed by atoms with Gasteiger partial charge in [0.25, 0.3) is 5.91 Å². The first-order valence-electron chi connectivity index (χ1n) is 5.97. The van der Waals surface area contributed by atoms with E-state index < -0.39 is 40.1 Å². The molecule has 0 unspecified atom stereocenters. The second-order valence-electron chi connectivity index (χ2n) is 4.51. The maximum Gasteiger partial charge on any atom is 0.427 e. The van der Waals surface area contributed by atoms with Gasteiger partial charge >= 0.3 is 12.4 Å². The van der Waals surface area contributed by atoms with E-state index in [1.54, 1.807) is 0 Å². The van der Waals surface area contributed by atoms with Crippen LogP contribution in [-0.2, 0) is 11.0 Å². The van der Waals surface area contributed by atoms with Crippen molar-refractivity contribution >= 4 is 23.2 Å². The van der Waals surface area contributed by atoms with Gasteiger partial charge in [-0.25, -0.2) is 0 Å². The highest BCUT2D eigenvalue weighted by molar-refractivity contribution is 6.33. The van der Waals surface area contributed by atoms with Crippen molar-refractivity contribution in [1.29, 1.82) is 0 Å². The van der Waals surface area contributed by atoms with Crippen molar-refractivity contribution in [2.24, 2.45) is 0 Å². The van der Waals surface area contributed by atoms with Gasteiger partial charge in [-0.15, -0.1) is 0 Å². The molecule has 0 bridgehead atoms. The van der Waals surface area contributed by atoms with Crippen LogP contribution in [0.3, 0.4) is 0 Å². The largest absolute Gasteiger partial charge is 0.427 e. The first-order chi connectivity index (χ1) is 10.0. The van der Waals surface area contributed by atoms with Crippen molar-refractivity contribution in [3.63, 3.8) is 0 Å². The first kappa shape index (κ1) is 16.7. The summed E-state index contributed by atoms with van der Waals surface area (Å²) in [5.41, 5.74) is -2.31. The predicted molar refractivity (Wildman–Crippen MR) is 67.3 cm³/mol. The van der Waals surface area contributed by atoms with E-state index in [1.165, 1.54) is 6.07 Å². The van der Waals surface area contributed by atoms with Crippen LogP contribution in [0.5, 0.6) is 0 Å². The molecule has 0 aliphatic carbocycles. The number of carbonyl (C=O) groups excluding carboxylic acids is 1. The first-order valence-corrected chi connectivity index (χ1v) is 6.35. The van der Waals surface area contributed by atoms with E-state index in [4.69, 9.17) is 11.6 Å². The Labute approximate surface area is 126 Å². The van der Waals surface area contributed by atoms with Crippen LogP contribution < -0.4 is 4.90 Å². The van der Waals surface area contributed by atoms with E-state index in [0.717, 1.165) is 18.2 Å². The molecule has 1 amide bonds. The molecular weight excluding hydrogens is 336 g/mol. The lowest BCUT2D eigenvalue weighted by molar-refractivity contribution is -0.137. The molecule has 2 nitrogen and oxygen atoms in total. The fourth-order valence-electron chi connectivity index (χ4n) is 2.15. The number of rotatable bonds is 1. The van der Waals surface area contributed by atoms with E-state index in [0.29, 0.717) is 4.90 Å². The Hall–Kier alpha value is -1.70. The third-order valence-electron chi connectivity index (χ3n) is 3.10. The molecule has 1 aromatic carbocycles. The van der Waals surface area contributed by atoms with Gasteiger partial charge in [0.05, 0.1) is 11.3 Å². The maximum atomic E-state index is 12.9. The van der Waals surface area contributed by atoms with Crippen LogP contribution in [-0.4, -0.2) is 18.6 Å². The monoisotopic (exact) mass is 343 g/mol. The molecule has 1 heterocycles. The number of halogens is 7. The van der Waals surface area contributed by atoms with Gasteiger partial charge in [-0.1, -0.05) is 23.7 Å². The number of hydrogen-bond acceptors (Lipinski definition) is 1. The van der Waals surface area contributed by atoms with Crippen LogP contribution in [0.25, 0.3) is 0 Å². The van der Waals surface area contributed by atoms with E-state index in [1.807, 2.05) is 0 Å². The molecule has 0 radical (unpaired) electrons. The van der Waals surface area contributed by atoms with E-state index in [9.17, 15) is 31.1 Å². The SMILES string of the molecule is O=C1/C(=C(\Cl)C(F)(F)F)CCN1c1ccccc1C(F)(F)F.